The van der Waals surface area contributed by atoms with E-state index in [9.17, 15) is 5.11 Å². The van der Waals surface area contributed by atoms with Crippen LogP contribution in [0.15, 0.2) is 40.1 Å². The summed E-state index contributed by atoms with van der Waals surface area (Å²) < 4.78 is 0. The van der Waals surface area contributed by atoms with Gasteiger partial charge < -0.3 is 17.5 Å². The van der Waals surface area contributed by atoms with Crippen LogP contribution in [0.3, 0.4) is 0 Å². The fourth-order valence-electron chi connectivity index (χ4n) is 1.57. The Morgan fingerprint density at radius 2 is 2.16 bits per heavy atom. The number of likely N-dealkylation sites (N-methyl/N-ethyl adjacent to an activating group) is 1. The second-order valence-electron chi connectivity index (χ2n) is 3.71. The van der Waals surface area contributed by atoms with E-state index in [4.69, 9.17) is 23.2 Å². The van der Waals surface area contributed by atoms with Crippen molar-refractivity contribution >= 4 is 41.1 Å². The number of quaternary nitrogens is 1. The zero-order valence-electron chi connectivity index (χ0n) is 10.0. The predicted molar refractivity (Wildman–Crippen MR) is 71.6 cm³/mol. The van der Waals surface area contributed by atoms with Crippen LogP contribution in [-0.2, 0) is 0 Å². The van der Waals surface area contributed by atoms with Crippen molar-refractivity contribution in [3.05, 3.63) is 40.1 Å². The van der Waals surface area contributed by atoms with E-state index < -0.39 is 0 Å². The normalized spacial score (nSPS) is 18.2. The van der Waals surface area contributed by atoms with Crippen molar-refractivity contribution in [2.24, 2.45) is 9.98 Å². The minimum absolute atomic E-state index is 0. The zero-order chi connectivity index (χ0) is 13.1. The maximum Gasteiger partial charge on any atom is 0.193 e. The van der Waals surface area contributed by atoms with Crippen LogP contribution in [-0.4, -0.2) is 18.8 Å². The molecule has 0 aromatic heterocycles. The van der Waals surface area contributed by atoms with Crippen molar-refractivity contribution in [2.45, 2.75) is 6.92 Å². The smallest absolute Gasteiger partial charge is 0.193 e. The number of halogens is 3. The number of nitrogens with one attached hydrogen (secondary N) is 1. The molecule has 0 bridgehead atoms. The van der Waals surface area contributed by atoms with Crippen LogP contribution in [0.2, 0.25) is 10.0 Å². The Hall–Kier alpha value is -1.07. The third kappa shape index (κ3) is 3.70. The van der Waals surface area contributed by atoms with Gasteiger partial charge in [-0.25, -0.2) is 4.99 Å². The lowest BCUT2D eigenvalue weighted by Crippen LogP contribution is -3.09. The summed E-state index contributed by atoms with van der Waals surface area (Å²) in [5.74, 6) is -0.339. The van der Waals surface area contributed by atoms with Gasteiger partial charge in [-0.1, -0.05) is 23.2 Å². The van der Waals surface area contributed by atoms with E-state index in [1.165, 1.54) is 6.20 Å². The van der Waals surface area contributed by atoms with Crippen molar-refractivity contribution in [2.75, 3.05) is 6.54 Å². The average Bonchev–Trinajstić information content (AvgIpc) is 2.81. The number of rotatable bonds is 3. The van der Waals surface area contributed by atoms with Gasteiger partial charge in [0, 0.05) is 5.02 Å². The highest BCUT2D eigenvalue weighted by atomic mass is 35.5. The van der Waals surface area contributed by atoms with E-state index in [1.807, 2.05) is 6.92 Å². The molecule has 2 rings (SSSR count). The van der Waals surface area contributed by atoms with Crippen LogP contribution >= 0.6 is 23.2 Å². The Labute approximate surface area is 127 Å². The maximum atomic E-state index is 12.0. The lowest BCUT2D eigenvalue weighted by Gasteiger charge is -2.16. The fourth-order valence-corrected chi connectivity index (χ4v) is 2.02. The maximum absolute atomic E-state index is 12.0. The number of hydrogen-bond acceptors (Lipinski definition) is 3. The SMILES string of the molecule is CC[NH+]1C=NC=C1C([O-])=Nc1ccc(Cl)cc1Cl.[Cl-]. The van der Waals surface area contributed by atoms with Gasteiger partial charge in [-0.2, -0.15) is 0 Å². The Morgan fingerprint density at radius 1 is 1.42 bits per heavy atom. The molecule has 1 aliphatic heterocycles. The lowest BCUT2D eigenvalue weighted by molar-refractivity contribution is -0.745. The first kappa shape index (κ1) is 16.0. The van der Waals surface area contributed by atoms with Gasteiger partial charge >= 0.3 is 0 Å². The van der Waals surface area contributed by atoms with Crippen LogP contribution < -0.4 is 22.4 Å². The standard InChI is InChI=1S/C12H11Cl2N3O.ClH/c1-2-17-7-15-6-11(17)12(18)16-10-4-3-8(13)5-9(10)14;/h3-7H,2H2,1H3,(H,16,18);1H/p-1. The summed E-state index contributed by atoms with van der Waals surface area (Å²) in [5.41, 5.74) is 0.929. The van der Waals surface area contributed by atoms with Gasteiger partial charge in [0.15, 0.2) is 12.0 Å². The highest BCUT2D eigenvalue weighted by Gasteiger charge is 2.16. The Kier molecular flexibility index (Phi) is 5.82. The summed E-state index contributed by atoms with van der Waals surface area (Å²) in [5, 5.41) is 12.9. The van der Waals surface area contributed by atoms with E-state index in [2.05, 4.69) is 9.98 Å². The summed E-state index contributed by atoms with van der Waals surface area (Å²) in [6.07, 6.45) is 3.20. The first-order chi connectivity index (χ1) is 8.61. The number of aliphatic imine (C=N–C) groups is 2. The van der Waals surface area contributed by atoms with E-state index in [-0.39, 0.29) is 18.3 Å². The number of hydrogen-bond donors (Lipinski definition) is 1. The Balaban J connectivity index is 0.00000180. The van der Waals surface area contributed by atoms with E-state index in [0.717, 1.165) is 11.4 Å². The molecule has 1 heterocycles. The van der Waals surface area contributed by atoms with E-state index in [1.54, 1.807) is 24.5 Å². The van der Waals surface area contributed by atoms with E-state index in [0.29, 0.717) is 21.4 Å². The number of nitrogens with zero attached hydrogens (tertiary/aromatic N) is 2. The highest BCUT2D eigenvalue weighted by molar-refractivity contribution is 6.36. The van der Waals surface area contributed by atoms with Crippen LogP contribution in [0.5, 0.6) is 0 Å². The molecule has 4 nitrogen and oxygen atoms in total. The third-order valence-corrected chi connectivity index (χ3v) is 3.06. The van der Waals surface area contributed by atoms with E-state index >= 15 is 0 Å². The van der Waals surface area contributed by atoms with Gasteiger partial charge in [0.1, 0.15) is 0 Å². The average molecular weight is 320 g/mol. The summed E-state index contributed by atoms with van der Waals surface area (Å²) in [7, 11) is 0. The molecule has 1 aliphatic rings. The molecule has 7 heteroatoms. The van der Waals surface area contributed by atoms with Crippen LogP contribution in [0.4, 0.5) is 5.69 Å². The molecule has 0 saturated heterocycles. The molecule has 0 aliphatic carbocycles. The molecule has 0 fully saturated rings. The van der Waals surface area contributed by atoms with Crippen LogP contribution in [0.25, 0.3) is 0 Å². The molecule has 1 atom stereocenters. The lowest BCUT2D eigenvalue weighted by atomic mass is 10.3. The molecule has 0 spiro atoms. The molecule has 0 saturated carbocycles. The highest BCUT2D eigenvalue weighted by Crippen LogP contribution is 2.27. The first-order valence-electron chi connectivity index (χ1n) is 5.42. The summed E-state index contributed by atoms with van der Waals surface area (Å²) in [4.78, 5) is 8.82. The zero-order valence-corrected chi connectivity index (χ0v) is 12.3. The molecule has 1 aromatic rings. The molecule has 102 valence electrons. The Morgan fingerprint density at radius 3 is 2.79 bits per heavy atom. The van der Waals surface area contributed by atoms with Gasteiger partial charge in [-0.3, -0.25) is 9.89 Å². The molecular formula is C12H11Cl3N3O-. The summed E-state index contributed by atoms with van der Waals surface area (Å²) >= 11 is 11.7. The summed E-state index contributed by atoms with van der Waals surface area (Å²) in [6.45, 7) is 2.70. The topological polar surface area (TPSA) is 52.2 Å². The fraction of sp³-hybridized carbons (Fsp3) is 0.167. The molecule has 1 unspecified atom stereocenters. The minimum atomic E-state index is -0.339. The molecule has 0 radical (unpaired) electrons. The molecule has 1 N–H and O–H groups in total. The summed E-state index contributed by atoms with van der Waals surface area (Å²) in [6, 6.07) is 4.81. The van der Waals surface area contributed by atoms with Crippen molar-refractivity contribution in [1.82, 2.24) is 0 Å². The molecule has 1 aromatic carbocycles. The first-order valence-corrected chi connectivity index (χ1v) is 6.18. The largest absolute Gasteiger partial charge is 1.00 e. The van der Waals surface area contributed by atoms with Gasteiger partial charge in [0.25, 0.3) is 0 Å². The second kappa shape index (κ2) is 6.91. The van der Waals surface area contributed by atoms with Crippen molar-refractivity contribution < 1.29 is 22.4 Å². The molecular weight excluding hydrogens is 309 g/mol. The van der Waals surface area contributed by atoms with Crippen molar-refractivity contribution in [1.29, 1.82) is 0 Å². The van der Waals surface area contributed by atoms with Gasteiger partial charge in [-0.05, 0) is 25.1 Å². The minimum Gasteiger partial charge on any atom is -1.00 e. The van der Waals surface area contributed by atoms with Gasteiger partial charge in [0.2, 0.25) is 0 Å². The molecule has 0 amide bonds. The predicted octanol–water partition coefficient (Wildman–Crippen LogP) is -1.82. The Bertz CT molecular complexity index is 555. The third-order valence-electron chi connectivity index (χ3n) is 2.52. The van der Waals surface area contributed by atoms with Crippen molar-refractivity contribution in [3.8, 4) is 0 Å². The molecule has 19 heavy (non-hydrogen) atoms. The second-order valence-corrected chi connectivity index (χ2v) is 4.56. The van der Waals surface area contributed by atoms with Crippen molar-refractivity contribution in [3.63, 3.8) is 0 Å². The van der Waals surface area contributed by atoms with Gasteiger partial charge in [-0.15, -0.1) is 0 Å². The van der Waals surface area contributed by atoms with Crippen LogP contribution in [0.1, 0.15) is 6.92 Å². The van der Waals surface area contributed by atoms with Crippen LogP contribution in [0, 0.1) is 0 Å². The van der Waals surface area contributed by atoms with Gasteiger partial charge in [0.05, 0.1) is 29.4 Å². The number of benzene rings is 1. The quantitative estimate of drug-likeness (QED) is 0.517. The monoisotopic (exact) mass is 318 g/mol.